The number of nitrogens with one attached hydrogen (secondary N) is 1. The smallest absolute Gasteiger partial charge is 0.267 e. The number of aryl methyl sites for hydroxylation is 1. The molecule has 30 heavy (non-hydrogen) atoms. The second-order valence-electron chi connectivity index (χ2n) is 8.08. The van der Waals surface area contributed by atoms with Crippen molar-refractivity contribution in [3.8, 4) is 0 Å². The first-order valence-corrected chi connectivity index (χ1v) is 10.9. The summed E-state index contributed by atoms with van der Waals surface area (Å²) in [6.45, 7) is 13.0. The molecule has 6 heteroatoms. The molecule has 1 aromatic carbocycles. The third kappa shape index (κ3) is 6.54. The lowest BCUT2D eigenvalue weighted by molar-refractivity contribution is -0.124. The van der Waals surface area contributed by atoms with Gasteiger partial charge in [0, 0.05) is 37.7 Å². The van der Waals surface area contributed by atoms with E-state index in [0.29, 0.717) is 12.1 Å². The average Bonchev–Trinajstić information content (AvgIpc) is 3.05. The molecule has 164 valence electrons. The number of nitrogens with zero attached hydrogens (tertiary/aromatic N) is 3. The number of fused-ring (bicyclic) bond motifs is 1. The van der Waals surface area contributed by atoms with Gasteiger partial charge in [0.2, 0.25) is 0 Å². The molecule has 0 aliphatic carbocycles. The topological polar surface area (TPSA) is 70.4 Å². The van der Waals surface area contributed by atoms with E-state index in [-0.39, 0.29) is 0 Å². The molecule has 0 bridgehead atoms. The van der Waals surface area contributed by atoms with Crippen LogP contribution in [0.5, 0.6) is 0 Å². The Morgan fingerprint density at radius 3 is 2.60 bits per heavy atom. The van der Waals surface area contributed by atoms with Crippen LogP contribution in [-0.4, -0.2) is 44.2 Å². The highest BCUT2D eigenvalue weighted by Crippen LogP contribution is 2.21. The lowest BCUT2D eigenvalue weighted by Crippen LogP contribution is -2.39. The molecule has 6 nitrogen and oxygen atoms in total. The number of amides is 1. The Morgan fingerprint density at radius 2 is 1.97 bits per heavy atom. The number of allylic oxidation sites excluding steroid dienone is 2. The molecule has 1 amide bonds. The average molecular weight is 413 g/mol. The summed E-state index contributed by atoms with van der Waals surface area (Å²) in [5.41, 5.74) is 4.52. The lowest BCUT2D eigenvalue weighted by atomic mass is 10.2. The number of aromatic nitrogens is 2. The van der Waals surface area contributed by atoms with Crippen molar-refractivity contribution in [3.63, 3.8) is 0 Å². The van der Waals surface area contributed by atoms with Crippen molar-refractivity contribution in [3.05, 3.63) is 47.8 Å². The largest absolute Gasteiger partial charge is 0.327 e. The van der Waals surface area contributed by atoms with E-state index in [1.165, 1.54) is 6.08 Å². The zero-order valence-corrected chi connectivity index (χ0v) is 18.9. The minimum atomic E-state index is -0.550. The fourth-order valence-corrected chi connectivity index (χ4v) is 3.78. The number of carbonyl (C=O) groups is 1. The van der Waals surface area contributed by atoms with Crippen LogP contribution in [0.15, 0.2) is 36.4 Å². The maximum atomic E-state index is 11.3. The standard InChI is InChI=1S/C24H36N4O2/c1-6-7-8-9-10-23-25-21-17-20(12-14-24(29)26-30)11-13-22(21)28(23)16-15-27(18(2)3)19(4)5/h7-8,11-14,17-19,30H,6,9-10,15-16H2,1-5H3,(H,26,29)/b8-7-,14-12+. The molecule has 0 spiro atoms. The Kier molecular flexibility index (Phi) is 9.27. The Labute approximate surface area is 180 Å². The molecule has 0 saturated heterocycles. The number of imidazole rings is 1. The van der Waals surface area contributed by atoms with E-state index < -0.39 is 5.91 Å². The quantitative estimate of drug-likeness (QED) is 0.245. The van der Waals surface area contributed by atoms with Crippen molar-refractivity contribution < 1.29 is 10.0 Å². The SMILES string of the molecule is CC/C=C\CCc1nc2cc(/C=C/C(=O)NO)ccc2n1CCN(C(C)C)C(C)C. The maximum absolute atomic E-state index is 11.3. The van der Waals surface area contributed by atoms with Crippen LogP contribution in [0, 0.1) is 0 Å². The van der Waals surface area contributed by atoms with Crippen molar-refractivity contribution in [2.75, 3.05) is 6.54 Å². The lowest BCUT2D eigenvalue weighted by Gasteiger charge is -2.30. The van der Waals surface area contributed by atoms with Crippen molar-refractivity contribution in [1.82, 2.24) is 19.9 Å². The molecule has 0 fully saturated rings. The second-order valence-corrected chi connectivity index (χ2v) is 8.08. The highest BCUT2D eigenvalue weighted by molar-refractivity contribution is 5.91. The van der Waals surface area contributed by atoms with Crippen LogP contribution in [0.25, 0.3) is 17.1 Å². The Balaban J connectivity index is 2.33. The van der Waals surface area contributed by atoms with Gasteiger partial charge < -0.3 is 4.57 Å². The molecule has 0 saturated carbocycles. The number of benzene rings is 1. The third-order valence-corrected chi connectivity index (χ3v) is 5.23. The van der Waals surface area contributed by atoms with Gasteiger partial charge in [-0.2, -0.15) is 0 Å². The molecule has 2 rings (SSSR count). The van der Waals surface area contributed by atoms with Crippen molar-refractivity contribution in [2.45, 2.75) is 72.5 Å². The van der Waals surface area contributed by atoms with Gasteiger partial charge in [-0.25, -0.2) is 10.5 Å². The molecule has 1 heterocycles. The van der Waals surface area contributed by atoms with Gasteiger partial charge in [0.15, 0.2) is 0 Å². The van der Waals surface area contributed by atoms with E-state index in [0.717, 1.165) is 54.8 Å². The Morgan fingerprint density at radius 1 is 1.23 bits per heavy atom. The van der Waals surface area contributed by atoms with Crippen LogP contribution in [0.4, 0.5) is 0 Å². The molecule has 0 atom stereocenters. The van der Waals surface area contributed by atoms with E-state index in [1.54, 1.807) is 11.6 Å². The van der Waals surface area contributed by atoms with Crippen molar-refractivity contribution >= 4 is 23.0 Å². The van der Waals surface area contributed by atoms with Gasteiger partial charge in [-0.05, 0) is 64.3 Å². The molecule has 2 N–H and O–H groups in total. The summed E-state index contributed by atoms with van der Waals surface area (Å²) in [5.74, 6) is 0.541. The van der Waals surface area contributed by atoms with Gasteiger partial charge in [-0.3, -0.25) is 14.9 Å². The van der Waals surface area contributed by atoms with Gasteiger partial charge in [0.25, 0.3) is 5.91 Å². The molecule has 2 aromatic rings. The third-order valence-electron chi connectivity index (χ3n) is 5.23. The molecule has 0 radical (unpaired) electrons. The first-order valence-electron chi connectivity index (χ1n) is 10.9. The maximum Gasteiger partial charge on any atom is 0.267 e. The molecule has 0 aliphatic rings. The Bertz CT molecular complexity index is 873. The second kappa shape index (κ2) is 11.7. The number of hydrogen-bond acceptors (Lipinski definition) is 4. The number of carbonyl (C=O) groups excluding carboxylic acids is 1. The van der Waals surface area contributed by atoms with E-state index in [2.05, 4.69) is 62.3 Å². The molecule has 0 unspecified atom stereocenters. The van der Waals surface area contributed by atoms with Gasteiger partial charge in [-0.1, -0.05) is 25.1 Å². The van der Waals surface area contributed by atoms with Crippen LogP contribution in [0.2, 0.25) is 0 Å². The number of hydroxylamine groups is 1. The van der Waals surface area contributed by atoms with Gasteiger partial charge >= 0.3 is 0 Å². The summed E-state index contributed by atoms with van der Waals surface area (Å²) in [7, 11) is 0. The van der Waals surface area contributed by atoms with Crippen LogP contribution in [0.1, 0.15) is 58.8 Å². The predicted molar refractivity (Wildman–Crippen MR) is 123 cm³/mol. The number of rotatable bonds is 11. The summed E-state index contributed by atoms with van der Waals surface area (Å²) >= 11 is 0. The summed E-state index contributed by atoms with van der Waals surface area (Å²) in [5, 5.41) is 8.65. The fourth-order valence-electron chi connectivity index (χ4n) is 3.78. The van der Waals surface area contributed by atoms with Crippen LogP contribution < -0.4 is 5.48 Å². The Hall–Kier alpha value is -2.44. The fraction of sp³-hybridized carbons (Fsp3) is 0.500. The van der Waals surface area contributed by atoms with Crippen molar-refractivity contribution in [1.29, 1.82) is 0 Å². The van der Waals surface area contributed by atoms with E-state index in [9.17, 15) is 4.79 Å². The minimum absolute atomic E-state index is 0.491. The first-order chi connectivity index (χ1) is 14.4. The molecular weight excluding hydrogens is 376 g/mol. The first kappa shape index (κ1) is 23.8. The zero-order chi connectivity index (χ0) is 22.1. The van der Waals surface area contributed by atoms with Gasteiger partial charge in [0.1, 0.15) is 5.82 Å². The van der Waals surface area contributed by atoms with Crippen LogP contribution >= 0.6 is 0 Å². The summed E-state index contributed by atoms with van der Waals surface area (Å²) in [6, 6.07) is 7.01. The van der Waals surface area contributed by atoms with E-state index >= 15 is 0 Å². The molecule has 0 aliphatic heterocycles. The summed E-state index contributed by atoms with van der Waals surface area (Å²) in [4.78, 5) is 18.7. The van der Waals surface area contributed by atoms with Crippen molar-refractivity contribution in [2.24, 2.45) is 0 Å². The monoisotopic (exact) mass is 412 g/mol. The molecule has 1 aromatic heterocycles. The number of hydrogen-bond donors (Lipinski definition) is 2. The van der Waals surface area contributed by atoms with Crippen LogP contribution in [0.3, 0.4) is 0 Å². The molecular formula is C24H36N4O2. The van der Waals surface area contributed by atoms with E-state index in [1.807, 2.05) is 12.1 Å². The summed E-state index contributed by atoms with van der Waals surface area (Å²) in [6.07, 6.45) is 10.3. The van der Waals surface area contributed by atoms with Gasteiger partial charge in [-0.15, -0.1) is 0 Å². The summed E-state index contributed by atoms with van der Waals surface area (Å²) < 4.78 is 2.33. The van der Waals surface area contributed by atoms with Crippen LogP contribution in [-0.2, 0) is 17.8 Å². The van der Waals surface area contributed by atoms with Gasteiger partial charge in [0.05, 0.1) is 11.0 Å². The zero-order valence-electron chi connectivity index (χ0n) is 18.9. The predicted octanol–water partition coefficient (Wildman–Crippen LogP) is 4.57. The highest BCUT2D eigenvalue weighted by atomic mass is 16.5. The minimum Gasteiger partial charge on any atom is -0.327 e. The van der Waals surface area contributed by atoms with E-state index in [4.69, 9.17) is 10.2 Å². The highest BCUT2D eigenvalue weighted by Gasteiger charge is 2.16. The normalized spacial score (nSPS) is 12.4.